The predicted molar refractivity (Wildman–Crippen MR) is 46.5 cm³/mol. The lowest BCUT2D eigenvalue weighted by molar-refractivity contribution is 0.600. The Morgan fingerprint density at radius 3 is 1.00 bits per heavy atom. The summed E-state index contributed by atoms with van der Waals surface area (Å²) >= 11 is 28.3. The van der Waals surface area contributed by atoms with Crippen molar-refractivity contribution in [2.75, 3.05) is 0 Å². The van der Waals surface area contributed by atoms with E-state index in [1.165, 1.54) is 0 Å². The third-order valence-electron chi connectivity index (χ3n) is 0. The molecule has 0 spiro atoms. The molecule has 0 N–H and O–H groups in total. The molecule has 0 saturated heterocycles. The van der Waals surface area contributed by atoms with Gasteiger partial charge in [0.05, 0.1) is 0 Å². The van der Waals surface area contributed by atoms with Gasteiger partial charge in [0.1, 0.15) is 0 Å². The minimum atomic E-state index is -3.22. The molecule has 0 radical (unpaired) electrons. The Kier molecular flexibility index (Phi) is 10.0. The highest BCUT2D eigenvalue weighted by Crippen LogP contribution is 2.61. The van der Waals surface area contributed by atoms with Crippen LogP contribution in [0.1, 0.15) is 0 Å². The van der Waals surface area contributed by atoms with Crippen LogP contribution in [-0.2, 0) is 4.57 Å². The Balaban J connectivity index is 0. The van der Waals surface area contributed by atoms with Gasteiger partial charge in [-0.25, -0.2) is 0 Å². The Labute approximate surface area is 82.2 Å². The van der Waals surface area contributed by atoms with Crippen molar-refractivity contribution in [1.82, 2.24) is 0 Å². The van der Waals surface area contributed by atoms with Crippen molar-refractivity contribution in [3.8, 4) is 0 Å². The van der Waals surface area contributed by atoms with Crippen LogP contribution in [0.4, 0.5) is 0 Å². The van der Waals surface area contributed by atoms with E-state index in [9.17, 15) is 4.57 Å². The molecule has 0 heterocycles. The van der Waals surface area contributed by atoms with Crippen LogP contribution in [0.25, 0.3) is 0 Å². The Morgan fingerprint density at radius 2 is 1.00 bits per heavy atom. The number of alkyl halides is 3. The highest BCUT2D eigenvalue weighted by atomic mass is 36.0. The fraction of sp³-hybridized carbons (Fsp3) is 1.00. The lowest BCUT2D eigenvalue weighted by Gasteiger charge is -1.74. The molecule has 0 rings (SSSR count). The summed E-state index contributed by atoms with van der Waals surface area (Å²) in [4.78, 5) is 0. The largest absolute Gasteiger partial charge is 0.339 e. The van der Waals surface area contributed by atoms with Crippen LogP contribution in [0.3, 0.4) is 0 Å². The van der Waals surface area contributed by atoms with Gasteiger partial charge in [-0.05, 0) is 33.7 Å². The lowest BCUT2D eigenvalue weighted by atomic mass is 11.9. The lowest BCUT2D eigenvalue weighted by Crippen LogP contribution is -1.55. The first-order valence-electron chi connectivity index (χ1n) is 1.34. The first kappa shape index (κ1) is 13.6. The van der Waals surface area contributed by atoms with Crippen LogP contribution < -0.4 is 0 Å². The van der Waals surface area contributed by atoms with Gasteiger partial charge in [-0.3, -0.25) is 4.57 Å². The second kappa shape index (κ2) is 6.67. The summed E-state index contributed by atoms with van der Waals surface area (Å²) in [6, 6.07) is 0. The molecule has 0 aliphatic rings. The summed E-state index contributed by atoms with van der Waals surface area (Å²) < 4.78 is 8.76. The third-order valence-corrected chi connectivity index (χ3v) is 0. The van der Waals surface area contributed by atoms with Gasteiger partial charge >= 0.3 is 5.20 Å². The number of hydrogen-bond donors (Lipinski definition) is 0. The molecule has 0 unspecified atom stereocenters. The third kappa shape index (κ3) is 163. The van der Waals surface area contributed by atoms with E-state index in [-0.39, 0.29) is 0 Å². The van der Waals surface area contributed by atoms with Gasteiger partial charge in [0.2, 0.25) is 0 Å². The van der Waals surface area contributed by atoms with E-state index in [4.69, 9.17) is 34.8 Å². The van der Waals surface area contributed by atoms with E-state index in [0.29, 0.717) is 0 Å². The first-order chi connectivity index (χ1) is 3.73. The van der Waals surface area contributed by atoms with Gasteiger partial charge in [-0.2, -0.15) is 0 Å². The molecule has 0 aliphatic heterocycles. The van der Waals surface area contributed by atoms with Crippen LogP contribution in [0.15, 0.2) is 0 Å². The van der Waals surface area contributed by atoms with E-state index in [1.54, 1.807) is 0 Å². The molecule has 0 aromatic heterocycles. The maximum atomic E-state index is 9.51. The summed E-state index contributed by atoms with van der Waals surface area (Å²) in [5, 5.41) is -3.22. The van der Waals surface area contributed by atoms with Crippen molar-refractivity contribution >= 4 is 73.7 Å². The van der Waals surface area contributed by atoms with Crippen LogP contribution in [0, 0.1) is 0 Å². The smallest absolute Gasteiger partial charge is 0.271 e. The zero-order valence-electron chi connectivity index (χ0n) is 3.70. The number of rotatable bonds is 0. The van der Waals surface area contributed by atoms with Crippen molar-refractivity contribution in [2.24, 2.45) is 0 Å². The minimum Gasteiger partial charge on any atom is -0.271 e. The van der Waals surface area contributed by atoms with Crippen molar-refractivity contribution in [3.05, 3.63) is 0 Å². The standard InChI is InChI=1S/CHCl3.Cl3OP/c2-1(3)4;1-5(2,3)4/h1H;. The Bertz CT molecular complexity index is 84.2. The van der Waals surface area contributed by atoms with E-state index >= 15 is 0 Å². The molecule has 0 fully saturated rings. The molecule has 58 valence electrons. The summed E-state index contributed by atoms with van der Waals surface area (Å²) in [6.07, 6.45) is 0. The van der Waals surface area contributed by atoms with E-state index in [1.807, 2.05) is 0 Å². The molecule has 0 aliphatic carbocycles. The van der Waals surface area contributed by atoms with Crippen LogP contribution in [0.5, 0.6) is 0 Å². The maximum absolute atomic E-state index is 9.51. The molecular formula is CHCl6OP. The topological polar surface area (TPSA) is 17.1 Å². The van der Waals surface area contributed by atoms with Gasteiger partial charge in [0.15, 0.2) is 4.30 Å². The molecule has 0 aromatic rings. The van der Waals surface area contributed by atoms with Gasteiger partial charge < -0.3 is 0 Å². The Hall–Kier alpha value is 1.97. The highest BCUT2D eigenvalue weighted by Gasteiger charge is 2.02. The monoisotopic (exact) mass is 270 g/mol. The van der Waals surface area contributed by atoms with Gasteiger partial charge in [0, 0.05) is 0 Å². The second-order valence-corrected chi connectivity index (χ2v) is 9.26. The van der Waals surface area contributed by atoms with Crippen molar-refractivity contribution in [2.45, 2.75) is 4.30 Å². The molecule has 0 bridgehead atoms. The molecule has 1 nitrogen and oxygen atoms in total. The fourth-order valence-electron chi connectivity index (χ4n) is 0. The van der Waals surface area contributed by atoms with E-state index < -0.39 is 9.50 Å². The summed E-state index contributed by atoms with van der Waals surface area (Å²) in [5.41, 5.74) is 0. The number of halogens is 6. The SMILES string of the molecule is ClC(Cl)Cl.O=P(Cl)(Cl)Cl. The molecular weight excluding hydrogens is 272 g/mol. The minimum absolute atomic E-state index is 0.750. The average molecular weight is 273 g/mol. The van der Waals surface area contributed by atoms with Crippen molar-refractivity contribution in [1.29, 1.82) is 0 Å². The zero-order valence-corrected chi connectivity index (χ0v) is 9.13. The molecule has 0 atom stereocenters. The summed E-state index contributed by atoms with van der Waals surface area (Å²) in [7, 11) is 0. The molecule has 8 heteroatoms. The molecule has 9 heavy (non-hydrogen) atoms. The van der Waals surface area contributed by atoms with E-state index in [0.717, 1.165) is 0 Å². The van der Waals surface area contributed by atoms with Gasteiger partial charge in [0.25, 0.3) is 0 Å². The molecule has 0 aromatic carbocycles. The van der Waals surface area contributed by atoms with Gasteiger partial charge in [-0.1, -0.05) is 34.8 Å². The van der Waals surface area contributed by atoms with Crippen molar-refractivity contribution in [3.63, 3.8) is 0 Å². The van der Waals surface area contributed by atoms with Crippen LogP contribution >= 0.6 is 73.7 Å². The quantitative estimate of drug-likeness (QED) is 0.457. The maximum Gasteiger partial charge on any atom is 0.339 e. The summed E-state index contributed by atoms with van der Waals surface area (Å²) in [6.45, 7) is 0. The fourth-order valence-corrected chi connectivity index (χ4v) is 0. The average Bonchev–Trinajstić information content (AvgIpc) is 1.19. The second-order valence-electron chi connectivity index (χ2n) is 0.646. The first-order valence-corrected chi connectivity index (χ1v) is 7.08. The van der Waals surface area contributed by atoms with Gasteiger partial charge in [-0.15, -0.1) is 0 Å². The zero-order chi connectivity index (χ0) is 8.08. The molecule has 0 saturated carbocycles. The van der Waals surface area contributed by atoms with Crippen LogP contribution in [-0.4, -0.2) is 4.30 Å². The predicted octanol–water partition coefficient (Wildman–Crippen LogP) is 4.80. The molecule has 0 amide bonds. The highest BCUT2D eigenvalue weighted by molar-refractivity contribution is 8.24. The van der Waals surface area contributed by atoms with E-state index in [2.05, 4.69) is 33.7 Å². The number of hydrogen-bond acceptors (Lipinski definition) is 1. The summed E-state index contributed by atoms with van der Waals surface area (Å²) in [5.74, 6) is 0. The Morgan fingerprint density at radius 1 is 1.00 bits per heavy atom. The van der Waals surface area contributed by atoms with Crippen molar-refractivity contribution < 1.29 is 4.57 Å². The van der Waals surface area contributed by atoms with Crippen LogP contribution in [0.2, 0.25) is 0 Å². The normalized spacial score (nSPS) is 10.6.